The lowest BCUT2D eigenvalue weighted by Crippen LogP contribution is -2.38. The standard InChI is InChI=1S/C23H25N5O2/c1-17(29)24-20-12-10-18(11-13-20)22-25-23(19-8-4-2-5-9-19)28(26-22)16-21(30)27-14-6-3-7-15-27/h2,4-5,8-13H,3,6-7,14-16H2,1H3,(H,24,29). The number of hydrogen-bond acceptors (Lipinski definition) is 4. The molecule has 1 fully saturated rings. The van der Waals surface area contributed by atoms with Crippen molar-refractivity contribution in [1.29, 1.82) is 0 Å². The van der Waals surface area contributed by atoms with Crippen molar-refractivity contribution in [2.24, 2.45) is 0 Å². The fourth-order valence-electron chi connectivity index (χ4n) is 3.65. The average molecular weight is 403 g/mol. The smallest absolute Gasteiger partial charge is 0.244 e. The largest absolute Gasteiger partial charge is 0.341 e. The van der Waals surface area contributed by atoms with Gasteiger partial charge in [0.05, 0.1) is 0 Å². The van der Waals surface area contributed by atoms with Gasteiger partial charge in [0.25, 0.3) is 0 Å². The first-order valence-corrected chi connectivity index (χ1v) is 10.3. The highest BCUT2D eigenvalue weighted by Gasteiger charge is 2.20. The van der Waals surface area contributed by atoms with E-state index in [4.69, 9.17) is 4.98 Å². The zero-order chi connectivity index (χ0) is 20.9. The molecule has 7 heteroatoms. The molecule has 30 heavy (non-hydrogen) atoms. The van der Waals surface area contributed by atoms with Crippen molar-refractivity contribution < 1.29 is 9.59 Å². The Labute approximate surface area is 175 Å². The number of benzene rings is 2. The van der Waals surface area contributed by atoms with Gasteiger partial charge in [-0.15, -0.1) is 5.10 Å². The second-order valence-corrected chi connectivity index (χ2v) is 7.48. The third kappa shape index (κ3) is 4.56. The molecule has 1 saturated heterocycles. The lowest BCUT2D eigenvalue weighted by molar-refractivity contribution is -0.132. The van der Waals surface area contributed by atoms with E-state index < -0.39 is 0 Å². The summed E-state index contributed by atoms with van der Waals surface area (Å²) in [5.74, 6) is 1.17. The van der Waals surface area contributed by atoms with E-state index in [1.54, 1.807) is 4.68 Å². The molecule has 0 radical (unpaired) electrons. The van der Waals surface area contributed by atoms with Crippen LogP contribution in [0.4, 0.5) is 5.69 Å². The van der Waals surface area contributed by atoms with E-state index >= 15 is 0 Å². The minimum Gasteiger partial charge on any atom is -0.341 e. The van der Waals surface area contributed by atoms with Crippen LogP contribution in [0.2, 0.25) is 0 Å². The summed E-state index contributed by atoms with van der Waals surface area (Å²) < 4.78 is 1.70. The number of nitrogens with zero attached hydrogens (tertiary/aromatic N) is 4. The van der Waals surface area contributed by atoms with E-state index in [1.165, 1.54) is 13.3 Å². The molecule has 1 aliphatic rings. The van der Waals surface area contributed by atoms with Crippen molar-refractivity contribution in [3.8, 4) is 22.8 Å². The summed E-state index contributed by atoms with van der Waals surface area (Å²) in [5, 5.41) is 7.41. The highest BCUT2D eigenvalue weighted by molar-refractivity contribution is 5.88. The summed E-state index contributed by atoms with van der Waals surface area (Å²) in [6, 6.07) is 17.1. The Bertz CT molecular complexity index is 1020. The van der Waals surface area contributed by atoms with Gasteiger partial charge in [0, 0.05) is 36.8 Å². The summed E-state index contributed by atoms with van der Waals surface area (Å²) in [6.07, 6.45) is 3.29. The Hall–Kier alpha value is -3.48. The van der Waals surface area contributed by atoms with Crippen LogP contribution in [0, 0.1) is 0 Å². The van der Waals surface area contributed by atoms with E-state index in [2.05, 4.69) is 10.4 Å². The van der Waals surface area contributed by atoms with Gasteiger partial charge in [0.15, 0.2) is 11.6 Å². The highest BCUT2D eigenvalue weighted by Crippen LogP contribution is 2.24. The molecule has 2 heterocycles. The number of aromatic nitrogens is 3. The first-order valence-electron chi connectivity index (χ1n) is 10.3. The number of anilines is 1. The number of amides is 2. The Morgan fingerprint density at radius 2 is 1.63 bits per heavy atom. The van der Waals surface area contributed by atoms with Gasteiger partial charge in [-0.1, -0.05) is 30.3 Å². The number of rotatable bonds is 5. The lowest BCUT2D eigenvalue weighted by atomic mass is 10.1. The van der Waals surface area contributed by atoms with Crippen LogP contribution in [0.1, 0.15) is 26.2 Å². The van der Waals surface area contributed by atoms with Crippen LogP contribution >= 0.6 is 0 Å². The normalized spacial score (nSPS) is 13.8. The first-order chi connectivity index (χ1) is 14.6. The number of likely N-dealkylation sites (tertiary alicyclic amines) is 1. The van der Waals surface area contributed by atoms with Crippen molar-refractivity contribution >= 4 is 17.5 Å². The second kappa shape index (κ2) is 8.90. The fourth-order valence-corrected chi connectivity index (χ4v) is 3.65. The van der Waals surface area contributed by atoms with Crippen molar-refractivity contribution in [3.63, 3.8) is 0 Å². The van der Waals surface area contributed by atoms with E-state index in [0.717, 1.165) is 37.1 Å². The van der Waals surface area contributed by atoms with Crippen LogP contribution in [0.3, 0.4) is 0 Å². The number of hydrogen-bond donors (Lipinski definition) is 1. The summed E-state index contributed by atoms with van der Waals surface area (Å²) in [6.45, 7) is 3.27. The quantitative estimate of drug-likeness (QED) is 0.706. The van der Waals surface area contributed by atoms with Crippen molar-refractivity contribution in [2.45, 2.75) is 32.7 Å². The third-order valence-corrected chi connectivity index (χ3v) is 5.16. The second-order valence-electron chi connectivity index (χ2n) is 7.48. The summed E-state index contributed by atoms with van der Waals surface area (Å²) >= 11 is 0. The van der Waals surface area contributed by atoms with Gasteiger partial charge >= 0.3 is 0 Å². The predicted molar refractivity (Wildman–Crippen MR) is 116 cm³/mol. The van der Waals surface area contributed by atoms with Crippen molar-refractivity contribution in [1.82, 2.24) is 19.7 Å². The van der Waals surface area contributed by atoms with Crippen LogP contribution in [0.25, 0.3) is 22.8 Å². The summed E-state index contributed by atoms with van der Waals surface area (Å²) in [5.41, 5.74) is 2.46. The van der Waals surface area contributed by atoms with Gasteiger partial charge in [0.1, 0.15) is 6.54 Å². The Balaban J connectivity index is 1.64. The lowest BCUT2D eigenvalue weighted by Gasteiger charge is -2.26. The molecule has 4 rings (SSSR count). The molecule has 1 aromatic heterocycles. The minimum atomic E-state index is -0.118. The fraction of sp³-hybridized carbons (Fsp3) is 0.304. The Morgan fingerprint density at radius 3 is 2.30 bits per heavy atom. The van der Waals surface area contributed by atoms with Crippen LogP contribution in [0.5, 0.6) is 0 Å². The van der Waals surface area contributed by atoms with Gasteiger partial charge in [0.2, 0.25) is 11.8 Å². The molecule has 3 aromatic rings. The van der Waals surface area contributed by atoms with Gasteiger partial charge in [-0.2, -0.15) is 0 Å². The van der Waals surface area contributed by atoms with E-state index in [9.17, 15) is 9.59 Å². The van der Waals surface area contributed by atoms with E-state index in [-0.39, 0.29) is 18.4 Å². The molecule has 0 saturated carbocycles. The van der Waals surface area contributed by atoms with Crippen LogP contribution < -0.4 is 5.32 Å². The van der Waals surface area contributed by atoms with Gasteiger partial charge < -0.3 is 10.2 Å². The maximum Gasteiger partial charge on any atom is 0.244 e. The zero-order valence-corrected chi connectivity index (χ0v) is 17.0. The van der Waals surface area contributed by atoms with Crippen molar-refractivity contribution in [2.75, 3.05) is 18.4 Å². The minimum absolute atomic E-state index is 0.0735. The van der Waals surface area contributed by atoms with Crippen LogP contribution in [-0.2, 0) is 16.1 Å². The molecule has 0 aliphatic carbocycles. The molecule has 2 aromatic carbocycles. The molecule has 0 atom stereocenters. The van der Waals surface area contributed by atoms with Crippen LogP contribution in [-0.4, -0.2) is 44.6 Å². The molecule has 0 spiro atoms. The number of carbonyl (C=O) groups is 2. The molecule has 1 aliphatic heterocycles. The van der Waals surface area contributed by atoms with Crippen LogP contribution in [0.15, 0.2) is 54.6 Å². The Morgan fingerprint density at radius 1 is 0.933 bits per heavy atom. The van der Waals surface area contributed by atoms with Gasteiger partial charge in [-0.05, 0) is 43.5 Å². The van der Waals surface area contributed by atoms with E-state index in [1.807, 2.05) is 59.5 Å². The SMILES string of the molecule is CC(=O)Nc1ccc(-c2nc(-c3ccccc3)n(CC(=O)N3CCCCC3)n2)cc1. The van der Waals surface area contributed by atoms with Crippen molar-refractivity contribution in [3.05, 3.63) is 54.6 Å². The topological polar surface area (TPSA) is 80.1 Å². The monoisotopic (exact) mass is 403 g/mol. The predicted octanol–water partition coefficient (Wildman–Crippen LogP) is 3.58. The molecular weight excluding hydrogens is 378 g/mol. The molecular formula is C23H25N5O2. The summed E-state index contributed by atoms with van der Waals surface area (Å²) in [7, 11) is 0. The average Bonchev–Trinajstić information content (AvgIpc) is 3.19. The molecule has 0 bridgehead atoms. The maximum absolute atomic E-state index is 12.8. The van der Waals surface area contributed by atoms with Gasteiger partial charge in [-0.3, -0.25) is 9.59 Å². The zero-order valence-electron chi connectivity index (χ0n) is 17.0. The summed E-state index contributed by atoms with van der Waals surface area (Å²) in [4.78, 5) is 30.7. The molecule has 154 valence electrons. The number of nitrogens with one attached hydrogen (secondary N) is 1. The maximum atomic E-state index is 12.8. The molecule has 0 unspecified atom stereocenters. The first kappa shape index (κ1) is 19.8. The third-order valence-electron chi connectivity index (χ3n) is 5.16. The Kier molecular flexibility index (Phi) is 5.88. The van der Waals surface area contributed by atoms with E-state index in [0.29, 0.717) is 17.3 Å². The molecule has 7 nitrogen and oxygen atoms in total. The molecule has 1 N–H and O–H groups in total. The number of carbonyl (C=O) groups excluding carboxylic acids is 2. The highest BCUT2D eigenvalue weighted by atomic mass is 16.2. The number of piperidine rings is 1. The van der Waals surface area contributed by atoms with Gasteiger partial charge in [-0.25, -0.2) is 9.67 Å². The molecule has 2 amide bonds.